The SMILES string of the molecule is CCN(CC(=O)NC(C)(C)C)C(=O)c1cccc(CSC)c1. The highest BCUT2D eigenvalue weighted by Gasteiger charge is 2.20. The number of carbonyl (C=O) groups excluding carboxylic acids is 2. The number of rotatable bonds is 6. The van der Waals surface area contributed by atoms with Crippen molar-refractivity contribution in [3.05, 3.63) is 35.4 Å². The van der Waals surface area contributed by atoms with Gasteiger partial charge < -0.3 is 10.2 Å². The van der Waals surface area contributed by atoms with Crippen LogP contribution >= 0.6 is 11.8 Å². The van der Waals surface area contributed by atoms with Gasteiger partial charge in [0.25, 0.3) is 5.91 Å². The lowest BCUT2D eigenvalue weighted by atomic mass is 10.1. The lowest BCUT2D eigenvalue weighted by molar-refractivity contribution is -0.123. The van der Waals surface area contributed by atoms with E-state index in [0.29, 0.717) is 12.1 Å². The summed E-state index contributed by atoms with van der Waals surface area (Å²) in [6.45, 7) is 8.25. The number of amides is 2. The first-order chi connectivity index (χ1) is 10.3. The average molecular weight is 322 g/mol. The van der Waals surface area contributed by atoms with Crippen LogP contribution in [0.2, 0.25) is 0 Å². The number of hydrogen-bond acceptors (Lipinski definition) is 3. The maximum Gasteiger partial charge on any atom is 0.254 e. The summed E-state index contributed by atoms with van der Waals surface area (Å²) >= 11 is 1.72. The maximum absolute atomic E-state index is 12.6. The third kappa shape index (κ3) is 6.10. The fraction of sp³-hybridized carbons (Fsp3) is 0.529. The summed E-state index contributed by atoms with van der Waals surface area (Å²) in [7, 11) is 0. The Kier molecular flexibility index (Phi) is 6.94. The van der Waals surface area contributed by atoms with Crippen molar-refractivity contribution < 1.29 is 9.59 Å². The molecule has 4 nitrogen and oxygen atoms in total. The fourth-order valence-electron chi connectivity index (χ4n) is 2.10. The molecule has 0 aliphatic carbocycles. The summed E-state index contributed by atoms with van der Waals surface area (Å²) in [4.78, 5) is 26.2. The molecule has 22 heavy (non-hydrogen) atoms. The lowest BCUT2D eigenvalue weighted by Crippen LogP contribution is -2.47. The molecule has 1 aromatic rings. The van der Waals surface area contributed by atoms with Gasteiger partial charge in [0.2, 0.25) is 5.91 Å². The number of nitrogens with zero attached hydrogens (tertiary/aromatic N) is 1. The Labute approximate surface area is 137 Å². The van der Waals surface area contributed by atoms with E-state index in [1.54, 1.807) is 22.7 Å². The third-order valence-electron chi connectivity index (χ3n) is 3.00. The van der Waals surface area contributed by atoms with Crippen LogP contribution in [-0.2, 0) is 10.5 Å². The van der Waals surface area contributed by atoms with Crippen molar-refractivity contribution in [2.45, 2.75) is 39.0 Å². The largest absolute Gasteiger partial charge is 0.350 e. The van der Waals surface area contributed by atoms with Crippen molar-refractivity contribution in [2.75, 3.05) is 19.3 Å². The second-order valence-corrected chi connectivity index (χ2v) is 7.12. The second-order valence-electron chi connectivity index (χ2n) is 6.25. The highest BCUT2D eigenvalue weighted by Crippen LogP contribution is 2.13. The zero-order valence-electron chi connectivity index (χ0n) is 14.1. The zero-order chi connectivity index (χ0) is 16.8. The molecule has 0 saturated heterocycles. The molecule has 0 aliphatic heterocycles. The molecule has 0 atom stereocenters. The van der Waals surface area contributed by atoms with Gasteiger partial charge in [-0.25, -0.2) is 0 Å². The van der Waals surface area contributed by atoms with Crippen molar-refractivity contribution in [1.82, 2.24) is 10.2 Å². The smallest absolute Gasteiger partial charge is 0.254 e. The van der Waals surface area contributed by atoms with Crippen LogP contribution < -0.4 is 5.32 Å². The van der Waals surface area contributed by atoms with Crippen LogP contribution in [0.1, 0.15) is 43.6 Å². The van der Waals surface area contributed by atoms with Gasteiger partial charge in [0.05, 0.1) is 6.54 Å². The molecule has 1 N–H and O–H groups in total. The van der Waals surface area contributed by atoms with Crippen LogP contribution in [0.25, 0.3) is 0 Å². The van der Waals surface area contributed by atoms with E-state index in [1.165, 1.54) is 0 Å². The van der Waals surface area contributed by atoms with Crippen molar-refractivity contribution in [2.24, 2.45) is 0 Å². The molecule has 0 saturated carbocycles. The maximum atomic E-state index is 12.6. The van der Waals surface area contributed by atoms with Gasteiger partial charge >= 0.3 is 0 Å². The van der Waals surface area contributed by atoms with Crippen molar-refractivity contribution >= 4 is 23.6 Å². The van der Waals surface area contributed by atoms with E-state index < -0.39 is 0 Å². The summed E-state index contributed by atoms with van der Waals surface area (Å²) in [5, 5.41) is 2.89. The zero-order valence-corrected chi connectivity index (χ0v) is 14.9. The molecule has 0 radical (unpaired) electrons. The summed E-state index contributed by atoms with van der Waals surface area (Å²) in [6.07, 6.45) is 2.03. The minimum atomic E-state index is -0.294. The normalized spacial score (nSPS) is 11.1. The van der Waals surface area contributed by atoms with Gasteiger partial charge in [-0.2, -0.15) is 11.8 Å². The monoisotopic (exact) mass is 322 g/mol. The number of thioether (sulfide) groups is 1. The Morgan fingerprint density at radius 3 is 2.50 bits per heavy atom. The van der Waals surface area contributed by atoms with E-state index in [1.807, 2.05) is 52.1 Å². The molecule has 0 bridgehead atoms. The van der Waals surface area contributed by atoms with Crippen LogP contribution in [0.5, 0.6) is 0 Å². The van der Waals surface area contributed by atoms with E-state index in [4.69, 9.17) is 0 Å². The van der Waals surface area contributed by atoms with Gasteiger partial charge in [-0.3, -0.25) is 9.59 Å². The van der Waals surface area contributed by atoms with Crippen LogP contribution in [0.4, 0.5) is 0 Å². The summed E-state index contributed by atoms with van der Waals surface area (Å²) in [5.74, 6) is 0.634. The average Bonchev–Trinajstić information content (AvgIpc) is 2.43. The Hall–Kier alpha value is -1.49. The van der Waals surface area contributed by atoms with Crippen LogP contribution in [-0.4, -0.2) is 41.6 Å². The number of likely N-dealkylation sites (N-methyl/N-ethyl adjacent to an activating group) is 1. The molecule has 5 heteroatoms. The number of hydrogen-bond donors (Lipinski definition) is 1. The first-order valence-corrected chi connectivity index (χ1v) is 8.84. The number of benzene rings is 1. The van der Waals surface area contributed by atoms with E-state index in [2.05, 4.69) is 5.32 Å². The molecule has 0 spiro atoms. The summed E-state index contributed by atoms with van der Waals surface area (Å²) < 4.78 is 0. The molecule has 1 rings (SSSR count). The second kappa shape index (κ2) is 8.22. The Morgan fingerprint density at radius 2 is 1.95 bits per heavy atom. The Bertz CT molecular complexity index is 524. The van der Waals surface area contributed by atoms with Crippen molar-refractivity contribution in [3.63, 3.8) is 0 Å². The van der Waals surface area contributed by atoms with E-state index in [-0.39, 0.29) is 23.9 Å². The van der Waals surface area contributed by atoms with Gasteiger partial charge in [-0.05, 0) is 51.6 Å². The molecule has 0 aromatic heterocycles. The molecule has 0 aliphatic rings. The van der Waals surface area contributed by atoms with E-state index in [9.17, 15) is 9.59 Å². The molecule has 2 amide bonds. The standard InChI is InChI=1S/C17H26N2O2S/c1-6-19(11-15(20)18-17(2,3)4)16(21)14-9-7-8-13(10-14)12-22-5/h7-10H,6,11-12H2,1-5H3,(H,18,20). The Morgan fingerprint density at radius 1 is 1.27 bits per heavy atom. The van der Waals surface area contributed by atoms with Gasteiger partial charge in [-0.15, -0.1) is 0 Å². The van der Waals surface area contributed by atoms with E-state index in [0.717, 1.165) is 11.3 Å². The van der Waals surface area contributed by atoms with Crippen LogP contribution in [0, 0.1) is 0 Å². The molecular weight excluding hydrogens is 296 g/mol. The van der Waals surface area contributed by atoms with Crippen LogP contribution in [0.15, 0.2) is 24.3 Å². The Balaban J connectivity index is 2.80. The van der Waals surface area contributed by atoms with Crippen LogP contribution in [0.3, 0.4) is 0 Å². The van der Waals surface area contributed by atoms with Crippen molar-refractivity contribution in [3.8, 4) is 0 Å². The molecule has 0 heterocycles. The first-order valence-electron chi connectivity index (χ1n) is 7.45. The first kappa shape index (κ1) is 18.6. The predicted octanol–water partition coefficient (Wildman–Crippen LogP) is 2.93. The van der Waals surface area contributed by atoms with Gasteiger partial charge in [0.15, 0.2) is 0 Å². The minimum Gasteiger partial charge on any atom is -0.350 e. The molecule has 0 fully saturated rings. The molecule has 0 unspecified atom stereocenters. The topological polar surface area (TPSA) is 49.4 Å². The van der Waals surface area contributed by atoms with E-state index >= 15 is 0 Å². The van der Waals surface area contributed by atoms with Gasteiger partial charge in [0.1, 0.15) is 0 Å². The third-order valence-corrected chi connectivity index (χ3v) is 3.62. The van der Waals surface area contributed by atoms with Gasteiger partial charge in [-0.1, -0.05) is 12.1 Å². The van der Waals surface area contributed by atoms with Gasteiger partial charge in [0, 0.05) is 23.4 Å². The fourth-order valence-corrected chi connectivity index (χ4v) is 2.61. The molecular formula is C17H26N2O2S. The summed E-state index contributed by atoms with van der Waals surface area (Å²) in [5.41, 5.74) is 1.46. The minimum absolute atomic E-state index is 0.0827. The summed E-state index contributed by atoms with van der Waals surface area (Å²) in [6, 6.07) is 7.61. The predicted molar refractivity (Wildman–Crippen MR) is 93.1 cm³/mol. The number of carbonyl (C=O) groups is 2. The highest BCUT2D eigenvalue weighted by molar-refractivity contribution is 7.97. The number of nitrogens with one attached hydrogen (secondary N) is 1. The quantitative estimate of drug-likeness (QED) is 0.876. The molecule has 122 valence electrons. The lowest BCUT2D eigenvalue weighted by Gasteiger charge is -2.25. The van der Waals surface area contributed by atoms with Crippen molar-refractivity contribution in [1.29, 1.82) is 0 Å². The molecule has 1 aromatic carbocycles. The highest BCUT2D eigenvalue weighted by atomic mass is 32.2.